The highest BCUT2D eigenvalue weighted by atomic mass is 35.5. The van der Waals surface area contributed by atoms with Crippen LogP contribution >= 0.6 is 11.6 Å². The van der Waals surface area contributed by atoms with Gasteiger partial charge in [-0.15, -0.1) is 0 Å². The molecule has 1 heterocycles. The highest BCUT2D eigenvalue weighted by molar-refractivity contribution is 7.92. The number of hydrogen-bond donors (Lipinski definition) is 1. The fraction of sp³-hybridized carbons (Fsp3) is 0.250. The maximum atomic E-state index is 13.2. The molecule has 1 aliphatic heterocycles. The summed E-state index contributed by atoms with van der Waals surface area (Å²) in [6.45, 7) is 1.03. The van der Waals surface area contributed by atoms with Gasteiger partial charge in [0.1, 0.15) is 12.4 Å². The van der Waals surface area contributed by atoms with Gasteiger partial charge in [-0.2, -0.15) is 13.2 Å². The summed E-state index contributed by atoms with van der Waals surface area (Å²) in [5.74, 6) is 0.514. The number of nitrogens with zero attached hydrogens (tertiary/aromatic N) is 1. The molecular formula is C16H14ClF3N2O3S. The molecule has 0 aliphatic carbocycles. The smallest absolute Gasteiger partial charge is 0.418 e. The van der Waals surface area contributed by atoms with Crippen LogP contribution in [-0.4, -0.2) is 28.6 Å². The molecule has 0 aromatic heterocycles. The Morgan fingerprint density at radius 2 is 1.92 bits per heavy atom. The molecule has 0 radical (unpaired) electrons. The number of alkyl halides is 3. The third-order valence-corrected chi connectivity index (χ3v) is 5.47. The summed E-state index contributed by atoms with van der Waals surface area (Å²) in [5.41, 5.74) is -1.21. The van der Waals surface area contributed by atoms with Crippen molar-refractivity contribution in [2.24, 2.45) is 0 Å². The Balaban J connectivity index is 2.00. The van der Waals surface area contributed by atoms with Gasteiger partial charge in [0.2, 0.25) is 0 Å². The van der Waals surface area contributed by atoms with Gasteiger partial charge in [0.25, 0.3) is 10.0 Å². The van der Waals surface area contributed by atoms with E-state index in [2.05, 4.69) is 0 Å². The van der Waals surface area contributed by atoms with Gasteiger partial charge in [0.15, 0.2) is 0 Å². The van der Waals surface area contributed by atoms with Gasteiger partial charge >= 0.3 is 6.18 Å². The summed E-state index contributed by atoms with van der Waals surface area (Å²) in [6.07, 6.45) is -4.76. The van der Waals surface area contributed by atoms with Crippen molar-refractivity contribution in [1.82, 2.24) is 0 Å². The minimum atomic E-state index is -4.76. The van der Waals surface area contributed by atoms with Crippen molar-refractivity contribution in [3.8, 4) is 5.75 Å². The number of rotatable bonds is 3. The fourth-order valence-corrected chi connectivity index (χ4v) is 3.81. The summed E-state index contributed by atoms with van der Waals surface area (Å²) in [5, 5.41) is -0.146. The van der Waals surface area contributed by atoms with E-state index in [1.165, 1.54) is 24.3 Å². The summed E-state index contributed by atoms with van der Waals surface area (Å²) >= 11 is 5.61. The number of nitrogens with one attached hydrogen (secondary N) is 1. The highest BCUT2D eigenvalue weighted by Crippen LogP contribution is 2.38. The van der Waals surface area contributed by atoms with Gasteiger partial charge < -0.3 is 9.64 Å². The first-order chi connectivity index (χ1) is 12.1. The molecule has 0 atom stereocenters. The molecule has 10 heteroatoms. The zero-order chi connectivity index (χ0) is 19.1. The molecule has 2 aromatic carbocycles. The lowest BCUT2D eigenvalue weighted by molar-refractivity contribution is -0.136. The molecule has 140 valence electrons. The summed E-state index contributed by atoms with van der Waals surface area (Å²) < 4.78 is 72.1. The number of hydrogen-bond acceptors (Lipinski definition) is 4. The van der Waals surface area contributed by atoms with Crippen LogP contribution in [-0.2, 0) is 16.2 Å². The van der Waals surface area contributed by atoms with Crippen molar-refractivity contribution in [3.63, 3.8) is 0 Å². The molecule has 0 unspecified atom stereocenters. The van der Waals surface area contributed by atoms with Crippen LogP contribution in [0, 0.1) is 0 Å². The first-order valence-corrected chi connectivity index (χ1v) is 9.31. The normalized spacial score (nSPS) is 14.6. The number of sulfonamides is 1. The minimum absolute atomic E-state index is 0.146. The van der Waals surface area contributed by atoms with E-state index in [0.717, 1.165) is 6.07 Å². The standard InChI is InChI=1S/C16H14ClF3N2O3S/c1-22-6-7-25-15-5-3-11(9-14(15)22)26(23,24)21-13-4-2-10(17)8-12(13)16(18,19)20/h2-5,8-9,21H,6-7H2,1H3. The van der Waals surface area contributed by atoms with E-state index in [1.54, 1.807) is 11.9 Å². The van der Waals surface area contributed by atoms with Crippen LogP contribution in [0.3, 0.4) is 0 Å². The van der Waals surface area contributed by atoms with Crippen molar-refractivity contribution in [3.05, 3.63) is 47.0 Å². The zero-order valence-electron chi connectivity index (χ0n) is 13.5. The second-order valence-corrected chi connectivity index (χ2v) is 7.81. The Morgan fingerprint density at radius 3 is 2.62 bits per heavy atom. The largest absolute Gasteiger partial charge is 0.490 e. The molecular weight excluding hydrogens is 393 g/mol. The average molecular weight is 407 g/mol. The first kappa shape index (κ1) is 18.7. The van der Waals surface area contributed by atoms with Crippen LogP contribution in [0.15, 0.2) is 41.3 Å². The van der Waals surface area contributed by atoms with E-state index < -0.39 is 27.5 Å². The van der Waals surface area contributed by atoms with Crippen LogP contribution in [0.4, 0.5) is 24.5 Å². The lowest BCUT2D eigenvalue weighted by Crippen LogP contribution is -2.29. The quantitative estimate of drug-likeness (QED) is 0.837. The third kappa shape index (κ3) is 3.68. The molecule has 2 aromatic rings. The summed E-state index contributed by atoms with van der Waals surface area (Å²) in [6, 6.07) is 6.96. The molecule has 0 spiro atoms. The van der Waals surface area contributed by atoms with Crippen LogP contribution < -0.4 is 14.4 Å². The molecule has 0 fully saturated rings. The van der Waals surface area contributed by atoms with E-state index in [9.17, 15) is 21.6 Å². The monoisotopic (exact) mass is 406 g/mol. The van der Waals surface area contributed by atoms with Crippen LogP contribution in [0.25, 0.3) is 0 Å². The van der Waals surface area contributed by atoms with Gasteiger partial charge in [0.05, 0.1) is 28.4 Å². The molecule has 0 saturated carbocycles. The molecule has 1 N–H and O–H groups in total. The van der Waals surface area contributed by atoms with Gasteiger partial charge in [0, 0.05) is 12.1 Å². The van der Waals surface area contributed by atoms with Gasteiger partial charge in [-0.25, -0.2) is 8.42 Å². The second kappa shape index (κ2) is 6.55. The summed E-state index contributed by atoms with van der Waals surface area (Å²) in [7, 11) is -2.47. The molecule has 3 rings (SSSR count). The predicted molar refractivity (Wildman–Crippen MR) is 92.5 cm³/mol. The minimum Gasteiger partial charge on any atom is -0.490 e. The molecule has 0 bridgehead atoms. The summed E-state index contributed by atoms with van der Waals surface area (Å²) in [4.78, 5) is 1.64. The van der Waals surface area contributed by atoms with Crippen LogP contribution in [0.2, 0.25) is 5.02 Å². The third-order valence-electron chi connectivity index (χ3n) is 3.87. The number of fused-ring (bicyclic) bond motifs is 1. The maximum absolute atomic E-state index is 13.2. The highest BCUT2D eigenvalue weighted by Gasteiger charge is 2.35. The molecule has 0 amide bonds. The van der Waals surface area contributed by atoms with E-state index in [4.69, 9.17) is 16.3 Å². The second-order valence-electron chi connectivity index (χ2n) is 5.69. The molecule has 1 aliphatic rings. The number of halogens is 4. The number of ether oxygens (including phenoxy) is 1. The Morgan fingerprint density at radius 1 is 1.19 bits per heavy atom. The Bertz CT molecular complexity index is 948. The van der Waals surface area contributed by atoms with Crippen LogP contribution in [0.1, 0.15) is 5.56 Å². The number of benzene rings is 2. The van der Waals surface area contributed by atoms with E-state index in [-0.39, 0.29) is 9.92 Å². The van der Waals surface area contributed by atoms with Gasteiger partial charge in [-0.3, -0.25) is 4.72 Å². The lowest BCUT2D eigenvalue weighted by atomic mass is 10.2. The van der Waals surface area contributed by atoms with E-state index in [1.807, 2.05) is 4.72 Å². The van der Waals surface area contributed by atoms with E-state index in [0.29, 0.717) is 30.7 Å². The SMILES string of the molecule is CN1CCOc2ccc(S(=O)(=O)Nc3ccc(Cl)cc3C(F)(F)F)cc21. The van der Waals surface area contributed by atoms with Crippen molar-refractivity contribution >= 4 is 33.0 Å². The average Bonchev–Trinajstić information content (AvgIpc) is 2.55. The lowest BCUT2D eigenvalue weighted by Gasteiger charge is -2.28. The topological polar surface area (TPSA) is 58.6 Å². The molecule has 0 saturated heterocycles. The molecule has 26 heavy (non-hydrogen) atoms. The van der Waals surface area contributed by atoms with Crippen molar-refractivity contribution < 1.29 is 26.3 Å². The van der Waals surface area contributed by atoms with Gasteiger partial charge in [-0.05, 0) is 36.4 Å². The van der Waals surface area contributed by atoms with Crippen molar-refractivity contribution in [2.45, 2.75) is 11.1 Å². The number of likely N-dealkylation sites (N-methyl/N-ethyl adjacent to an activating group) is 1. The Labute approximate surface area is 153 Å². The fourth-order valence-electron chi connectivity index (χ4n) is 2.54. The predicted octanol–water partition coefficient (Wildman–Crippen LogP) is 3.99. The van der Waals surface area contributed by atoms with E-state index >= 15 is 0 Å². The first-order valence-electron chi connectivity index (χ1n) is 7.45. The van der Waals surface area contributed by atoms with Crippen LogP contribution in [0.5, 0.6) is 5.75 Å². The Kier molecular flexibility index (Phi) is 4.70. The van der Waals surface area contributed by atoms with Gasteiger partial charge in [-0.1, -0.05) is 11.6 Å². The van der Waals surface area contributed by atoms with Crippen molar-refractivity contribution in [1.29, 1.82) is 0 Å². The maximum Gasteiger partial charge on any atom is 0.418 e. The number of anilines is 2. The van der Waals surface area contributed by atoms with Crippen molar-refractivity contribution in [2.75, 3.05) is 29.8 Å². The molecule has 5 nitrogen and oxygen atoms in total. The Hall–Kier alpha value is -2.13. The zero-order valence-corrected chi connectivity index (χ0v) is 15.0.